The van der Waals surface area contributed by atoms with Gasteiger partial charge >= 0.3 is 6.18 Å². The summed E-state index contributed by atoms with van der Waals surface area (Å²) in [7, 11) is 0. The highest BCUT2D eigenvalue weighted by Crippen LogP contribution is 2.19. The lowest BCUT2D eigenvalue weighted by atomic mass is 10.2. The average Bonchev–Trinajstić information content (AvgIpc) is 2.00. The van der Waals surface area contributed by atoms with Crippen LogP contribution in [0.15, 0.2) is 30.3 Å². The van der Waals surface area contributed by atoms with E-state index >= 15 is 0 Å². The van der Waals surface area contributed by atoms with Crippen LogP contribution in [0, 0.1) is 0 Å². The third-order valence-corrected chi connectivity index (χ3v) is 1.55. The summed E-state index contributed by atoms with van der Waals surface area (Å²) in [6.45, 7) is 0. The molecule has 70 valence electrons. The molecule has 0 N–H and O–H groups in total. The van der Waals surface area contributed by atoms with E-state index in [1.807, 2.05) is 0 Å². The minimum Gasteiger partial charge on any atom is -0.167 e. The Hall–Kier alpha value is -0.960. The van der Waals surface area contributed by atoms with Gasteiger partial charge < -0.3 is 0 Å². The summed E-state index contributed by atoms with van der Waals surface area (Å²) in [5.41, 5.74) is 0.435. The van der Waals surface area contributed by atoms with Crippen LogP contribution < -0.4 is 0 Å². The summed E-state index contributed by atoms with van der Waals surface area (Å²) in [5.74, 6) is 0. The Morgan fingerprint density at radius 1 is 1.23 bits per heavy atom. The highest BCUT2D eigenvalue weighted by molar-refractivity contribution is 6.30. The van der Waals surface area contributed by atoms with E-state index in [-0.39, 0.29) is 6.08 Å². The highest BCUT2D eigenvalue weighted by Gasteiger charge is 2.21. The van der Waals surface area contributed by atoms with Crippen molar-refractivity contribution in [2.45, 2.75) is 6.18 Å². The number of hydrogen-bond donors (Lipinski definition) is 0. The van der Waals surface area contributed by atoms with Gasteiger partial charge in [0.2, 0.25) is 0 Å². The smallest absolute Gasteiger partial charge is 0.167 e. The first kappa shape index (κ1) is 10.1. The van der Waals surface area contributed by atoms with E-state index in [1.54, 1.807) is 18.2 Å². The largest absolute Gasteiger partial charge is 0.409 e. The molecule has 0 aromatic heterocycles. The van der Waals surface area contributed by atoms with E-state index in [9.17, 15) is 13.2 Å². The lowest BCUT2D eigenvalue weighted by molar-refractivity contribution is -0.0790. The molecular formula is C9H6ClF3. The van der Waals surface area contributed by atoms with Gasteiger partial charge in [-0.05, 0) is 17.7 Å². The molecule has 0 nitrogen and oxygen atoms in total. The van der Waals surface area contributed by atoms with Crippen LogP contribution in [0.5, 0.6) is 0 Å². The molecule has 13 heavy (non-hydrogen) atoms. The normalized spacial score (nSPS) is 12.3. The lowest BCUT2D eigenvalue weighted by Gasteiger charge is -1.98. The first-order chi connectivity index (χ1) is 5.97. The van der Waals surface area contributed by atoms with Gasteiger partial charge in [0.15, 0.2) is 0 Å². The van der Waals surface area contributed by atoms with Crippen molar-refractivity contribution in [3.05, 3.63) is 40.9 Å². The molecule has 0 aliphatic carbocycles. The fourth-order valence-corrected chi connectivity index (χ4v) is 1.000. The Morgan fingerprint density at radius 2 is 1.92 bits per heavy atom. The van der Waals surface area contributed by atoms with Crippen molar-refractivity contribution in [3.63, 3.8) is 0 Å². The Morgan fingerprint density at radius 3 is 2.46 bits per heavy atom. The van der Waals surface area contributed by atoms with Crippen molar-refractivity contribution in [1.82, 2.24) is 0 Å². The van der Waals surface area contributed by atoms with Gasteiger partial charge in [0.05, 0.1) is 0 Å². The third kappa shape index (κ3) is 3.99. The Kier molecular flexibility index (Phi) is 2.98. The maximum Gasteiger partial charge on any atom is 0.409 e. The van der Waals surface area contributed by atoms with Crippen LogP contribution in [0.25, 0.3) is 6.08 Å². The van der Waals surface area contributed by atoms with Crippen LogP contribution >= 0.6 is 11.6 Å². The molecule has 0 unspecified atom stereocenters. The second kappa shape index (κ2) is 3.83. The standard InChI is InChI=1S/C9H6ClF3/c10-8-3-1-2-7(6-8)4-5-9(11,12)13/h1-6H/b5-4-. The Bertz CT molecular complexity index is 315. The van der Waals surface area contributed by atoms with Crippen LogP contribution in [-0.4, -0.2) is 6.18 Å². The summed E-state index contributed by atoms with van der Waals surface area (Å²) in [4.78, 5) is 0. The molecule has 1 rings (SSSR count). The van der Waals surface area contributed by atoms with Crippen LogP contribution in [0.3, 0.4) is 0 Å². The van der Waals surface area contributed by atoms with Gasteiger partial charge in [0.1, 0.15) is 0 Å². The molecule has 0 atom stereocenters. The molecule has 0 saturated heterocycles. The number of rotatable bonds is 1. The summed E-state index contributed by atoms with van der Waals surface area (Å²) >= 11 is 5.58. The van der Waals surface area contributed by atoms with Crippen LogP contribution in [0.2, 0.25) is 5.02 Å². The van der Waals surface area contributed by atoms with Crippen LogP contribution in [-0.2, 0) is 0 Å². The zero-order valence-electron chi connectivity index (χ0n) is 6.48. The number of hydrogen-bond acceptors (Lipinski definition) is 0. The predicted molar refractivity (Wildman–Crippen MR) is 46.5 cm³/mol. The number of benzene rings is 1. The molecular weight excluding hydrogens is 201 g/mol. The molecule has 0 fully saturated rings. The van der Waals surface area contributed by atoms with Crippen molar-refractivity contribution in [1.29, 1.82) is 0 Å². The fraction of sp³-hybridized carbons (Fsp3) is 0.111. The molecule has 4 heteroatoms. The Balaban J connectivity index is 2.80. The zero-order chi connectivity index (χ0) is 9.90. The molecule has 1 aromatic carbocycles. The SMILES string of the molecule is FC(F)(F)/C=C\c1cccc(Cl)c1. The molecule has 0 bridgehead atoms. The first-order valence-corrected chi connectivity index (χ1v) is 3.87. The third-order valence-electron chi connectivity index (χ3n) is 1.31. The van der Waals surface area contributed by atoms with Gasteiger partial charge in [-0.15, -0.1) is 0 Å². The monoisotopic (exact) mass is 206 g/mol. The Labute approximate surface area is 78.6 Å². The van der Waals surface area contributed by atoms with E-state index in [4.69, 9.17) is 11.6 Å². The van der Waals surface area contributed by atoms with Gasteiger partial charge in [-0.1, -0.05) is 29.8 Å². The van der Waals surface area contributed by atoms with Crippen molar-refractivity contribution in [2.75, 3.05) is 0 Å². The summed E-state index contributed by atoms with van der Waals surface area (Å²) in [6, 6.07) is 6.21. The minimum atomic E-state index is -4.28. The van der Waals surface area contributed by atoms with Gasteiger partial charge in [-0.2, -0.15) is 13.2 Å². The first-order valence-electron chi connectivity index (χ1n) is 3.49. The van der Waals surface area contributed by atoms with E-state index in [1.165, 1.54) is 6.07 Å². The fourth-order valence-electron chi connectivity index (χ4n) is 0.801. The van der Waals surface area contributed by atoms with Gasteiger partial charge in [-0.3, -0.25) is 0 Å². The number of allylic oxidation sites excluding steroid dienone is 1. The lowest BCUT2D eigenvalue weighted by Crippen LogP contribution is -1.99. The second-order valence-corrected chi connectivity index (χ2v) is 2.87. The molecule has 0 aliphatic rings. The average molecular weight is 207 g/mol. The van der Waals surface area contributed by atoms with Gasteiger partial charge in [0, 0.05) is 11.1 Å². The van der Waals surface area contributed by atoms with E-state index < -0.39 is 6.18 Å². The van der Waals surface area contributed by atoms with E-state index in [0.717, 1.165) is 6.08 Å². The molecule has 0 heterocycles. The molecule has 0 radical (unpaired) electrons. The number of alkyl halides is 3. The van der Waals surface area contributed by atoms with Gasteiger partial charge in [0.25, 0.3) is 0 Å². The summed E-state index contributed by atoms with van der Waals surface area (Å²) in [6.07, 6.45) is -3.12. The second-order valence-electron chi connectivity index (χ2n) is 2.43. The van der Waals surface area contributed by atoms with Crippen molar-refractivity contribution in [3.8, 4) is 0 Å². The van der Waals surface area contributed by atoms with Crippen LogP contribution in [0.4, 0.5) is 13.2 Å². The molecule has 0 spiro atoms. The molecule has 1 aromatic rings. The van der Waals surface area contributed by atoms with E-state index in [0.29, 0.717) is 10.6 Å². The van der Waals surface area contributed by atoms with Crippen molar-refractivity contribution in [2.24, 2.45) is 0 Å². The van der Waals surface area contributed by atoms with Crippen LogP contribution in [0.1, 0.15) is 5.56 Å². The zero-order valence-corrected chi connectivity index (χ0v) is 7.23. The summed E-state index contributed by atoms with van der Waals surface area (Å²) in [5, 5.41) is 0.421. The summed E-state index contributed by atoms with van der Waals surface area (Å²) < 4.78 is 35.2. The topological polar surface area (TPSA) is 0 Å². The van der Waals surface area contributed by atoms with Crippen molar-refractivity contribution < 1.29 is 13.2 Å². The predicted octanol–water partition coefficient (Wildman–Crippen LogP) is 3.92. The van der Waals surface area contributed by atoms with Gasteiger partial charge in [-0.25, -0.2) is 0 Å². The maximum absolute atomic E-state index is 11.7. The van der Waals surface area contributed by atoms with E-state index in [2.05, 4.69) is 0 Å². The number of halogens is 4. The quantitative estimate of drug-likeness (QED) is 0.654. The minimum absolute atomic E-state index is 0.179. The molecule has 0 aliphatic heterocycles. The molecule has 0 amide bonds. The maximum atomic E-state index is 11.7. The molecule has 0 saturated carbocycles. The highest BCUT2D eigenvalue weighted by atomic mass is 35.5. The van der Waals surface area contributed by atoms with Crippen molar-refractivity contribution >= 4 is 17.7 Å².